The van der Waals surface area contributed by atoms with Gasteiger partial charge in [0.05, 0.1) is 30.6 Å². The Hall–Kier alpha value is -1.35. The summed E-state index contributed by atoms with van der Waals surface area (Å²) in [7, 11) is 0. The van der Waals surface area contributed by atoms with Gasteiger partial charge in [-0.2, -0.15) is 0 Å². The molecule has 108 valence electrons. The van der Waals surface area contributed by atoms with Crippen molar-refractivity contribution in [3.63, 3.8) is 0 Å². The van der Waals surface area contributed by atoms with E-state index in [1.165, 1.54) is 0 Å². The number of amides is 1. The van der Waals surface area contributed by atoms with Gasteiger partial charge in [-0.3, -0.25) is 4.79 Å². The highest BCUT2D eigenvalue weighted by atomic mass is 32.1. The van der Waals surface area contributed by atoms with Crippen molar-refractivity contribution in [3.8, 4) is 11.8 Å². The number of hydrogen-bond acceptors (Lipinski definition) is 4. The SMILES string of the molecule is O=C(CC1CCCO1)NCc1ccc(C#CCCO)s1. The van der Waals surface area contributed by atoms with Gasteiger partial charge in [0.2, 0.25) is 5.91 Å². The number of carbonyl (C=O) groups is 1. The van der Waals surface area contributed by atoms with E-state index in [2.05, 4.69) is 17.2 Å². The molecule has 2 rings (SSSR count). The minimum absolute atomic E-state index is 0.0400. The normalized spacial score (nSPS) is 17.6. The first-order valence-corrected chi connectivity index (χ1v) is 7.66. The van der Waals surface area contributed by atoms with Crippen molar-refractivity contribution in [2.45, 2.75) is 38.3 Å². The van der Waals surface area contributed by atoms with Crippen LogP contribution < -0.4 is 5.32 Å². The average Bonchev–Trinajstić information content (AvgIpc) is 3.08. The lowest BCUT2D eigenvalue weighted by molar-refractivity contribution is -0.123. The second-order valence-electron chi connectivity index (χ2n) is 4.66. The molecule has 1 amide bonds. The van der Waals surface area contributed by atoms with Crippen LogP contribution in [0, 0.1) is 11.8 Å². The highest BCUT2D eigenvalue weighted by Gasteiger charge is 2.18. The standard InChI is InChI=1S/C15H19NO3S/c17-8-2-1-5-13-6-7-14(20-13)11-16-15(18)10-12-4-3-9-19-12/h6-7,12,17H,2-4,8-11H2,(H,16,18). The van der Waals surface area contributed by atoms with Crippen LogP contribution in [0.15, 0.2) is 12.1 Å². The monoisotopic (exact) mass is 293 g/mol. The molecule has 4 nitrogen and oxygen atoms in total. The van der Waals surface area contributed by atoms with Crippen molar-refractivity contribution in [2.24, 2.45) is 0 Å². The highest BCUT2D eigenvalue weighted by molar-refractivity contribution is 7.12. The number of hydrogen-bond donors (Lipinski definition) is 2. The second-order valence-corrected chi connectivity index (χ2v) is 5.83. The maximum Gasteiger partial charge on any atom is 0.222 e. The number of aliphatic hydroxyl groups excluding tert-OH is 1. The molecule has 2 heterocycles. The van der Waals surface area contributed by atoms with Crippen molar-refractivity contribution in [1.82, 2.24) is 5.32 Å². The fourth-order valence-corrected chi connectivity index (χ4v) is 2.84. The Morgan fingerprint density at radius 1 is 1.55 bits per heavy atom. The van der Waals surface area contributed by atoms with Gasteiger partial charge >= 0.3 is 0 Å². The molecule has 1 aromatic rings. The van der Waals surface area contributed by atoms with E-state index in [0.717, 1.165) is 29.2 Å². The number of carbonyl (C=O) groups excluding carboxylic acids is 1. The van der Waals surface area contributed by atoms with Crippen molar-refractivity contribution in [2.75, 3.05) is 13.2 Å². The number of rotatable bonds is 5. The molecular weight excluding hydrogens is 274 g/mol. The molecular formula is C15H19NO3S. The van der Waals surface area contributed by atoms with E-state index < -0.39 is 0 Å². The smallest absolute Gasteiger partial charge is 0.222 e. The molecule has 2 N–H and O–H groups in total. The largest absolute Gasteiger partial charge is 0.395 e. The van der Waals surface area contributed by atoms with E-state index in [1.54, 1.807) is 11.3 Å². The molecule has 20 heavy (non-hydrogen) atoms. The zero-order valence-corrected chi connectivity index (χ0v) is 12.2. The van der Waals surface area contributed by atoms with E-state index in [0.29, 0.717) is 19.4 Å². The molecule has 0 radical (unpaired) electrons. The molecule has 0 saturated carbocycles. The Morgan fingerprint density at radius 3 is 3.20 bits per heavy atom. The van der Waals surface area contributed by atoms with Gasteiger partial charge in [-0.25, -0.2) is 0 Å². The fourth-order valence-electron chi connectivity index (χ4n) is 2.02. The molecule has 1 saturated heterocycles. The third-order valence-electron chi connectivity index (χ3n) is 3.01. The quantitative estimate of drug-likeness (QED) is 0.812. The van der Waals surface area contributed by atoms with E-state index in [9.17, 15) is 4.79 Å². The molecule has 1 fully saturated rings. The number of thiophene rings is 1. The van der Waals surface area contributed by atoms with Gasteiger partial charge in [0, 0.05) is 17.9 Å². The van der Waals surface area contributed by atoms with Crippen molar-refractivity contribution in [1.29, 1.82) is 0 Å². The van der Waals surface area contributed by atoms with Crippen LogP contribution in [0.5, 0.6) is 0 Å². The van der Waals surface area contributed by atoms with Crippen LogP contribution in [0.4, 0.5) is 0 Å². The van der Waals surface area contributed by atoms with Gasteiger partial charge < -0.3 is 15.2 Å². The first-order valence-electron chi connectivity index (χ1n) is 6.84. The summed E-state index contributed by atoms with van der Waals surface area (Å²) in [4.78, 5) is 13.8. The lowest BCUT2D eigenvalue weighted by Gasteiger charge is -2.08. The van der Waals surface area contributed by atoms with E-state index in [4.69, 9.17) is 9.84 Å². The van der Waals surface area contributed by atoms with Crippen LogP contribution in [0.2, 0.25) is 0 Å². The fraction of sp³-hybridized carbons (Fsp3) is 0.533. The van der Waals surface area contributed by atoms with E-state index >= 15 is 0 Å². The van der Waals surface area contributed by atoms with Crippen molar-refractivity contribution in [3.05, 3.63) is 21.9 Å². The molecule has 0 spiro atoms. The Kier molecular flexibility index (Phi) is 6.06. The predicted octanol–water partition coefficient (Wildman–Crippen LogP) is 1.67. The summed E-state index contributed by atoms with van der Waals surface area (Å²) in [5, 5.41) is 11.6. The molecule has 1 aromatic heterocycles. The van der Waals surface area contributed by atoms with Crippen molar-refractivity contribution < 1.29 is 14.6 Å². The maximum absolute atomic E-state index is 11.7. The van der Waals surface area contributed by atoms with Crippen LogP contribution >= 0.6 is 11.3 Å². The minimum Gasteiger partial charge on any atom is -0.395 e. The zero-order chi connectivity index (χ0) is 14.2. The molecule has 1 aliphatic heterocycles. The lowest BCUT2D eigenvalue weighted by atomic mass is 10.2. The maximum atomic E-state index is 11.7. The first kappa shape index (κ1) is 15.0. The molecule has 0 aliphatic carbocycles. The van der Waals surface area contributed by atoms with Gasteiger partial charge in [-0.1, -0.05) is 11.8 Å². The van der Waals surface area contributed by atoms with Gasteiger partial charge in [-0.05, 0) is 25.0 Å². The van der Waals surface area contributed by atoms with Crippen molar-refractivity contribution >= 4 is 17.2 Å². The Labute approximate surface area is 123 Å². The summed E-state index contributed by atoms with van der Waals surface area (Å²) in [5.41, 5.74) is 0. The number of nitrogens with one attached hydrogen (secondary N) is 1. The number of ether oxygens (including phenoxy) is 1. The first-order chi connectivity index (χ1) is 9.78. The summed E-state index contributed by atoms with van der Waals surface area (Å²) < 4.78 is 5.44. The minimum atomic E-state index is 0.0400. The molecule has 0 bridgehead atoms. The zero-order valence-electron chi connectivity index (χ0n) is 11.4. The third kappa shape index (κ3) is 4.97. The summed E-state index contributed by atoms with van der Waals surface area (Å²) in [6, 6.07) is 3.91. The molecule has 0 aromatic carbocycles. The van der Waals surface area contributed by atoms with Gasteiger partial charge in [0.1, 0.15) is 0 Å². The Balaban J connectivity index is 1.73. The lowest BCUT2D eigenvalue weighted by Crippen LogP contribution is -2.26. The summed E-state index contributed by atoms with van der Waals surface area (Å²) in [6.07, 6.45) is 3.08. The molecule has 1 aliphatic rings. The van der Waals surface area contributed by atoms with Crippen LogP contribution in [0.25, 0.3) is 0 Å². The van der Waals surface area contributed by atoms with E-state index in [-0.39, 0.29) is 18.6 Å². The second kappa shape index (κ2) is 8.05. The van der Waals surface area contributed by atoms with Crippen LogP contribution in [-0.4, -0.2) is 30.3 Å². The summed E-state index contributed by atoms with van der Waals surface area (Å²) in [5.74, 6) is 5.91. The highest BCUT2D eigenvalue weighted by Crippen LogP contribution is 2.17. The van der Waals surface area contributed by atoms with Gasteiger partial charge in [0.15, 0.2) is 0 Å². The molecule has 1 unspecified atom stereocenters. The van der Waals surface area contributed by atoms with Crippen LogP contribution in [0.1, 0.15) is 35.4 Å². The van der Waals surface area contributed by atoms with E-state index in [1.807, 2.05) is 12.1 Å². The van der Waals surface area contributed by atoms with Crippen LogP contribution in [0.3, 0.4) is 0 Å². The molecule has 1 atom stereocenters. The Bertz CT molecular complexity index is 495. The van der Waals surface area contributed by atoms with Gasteiger partial charge in [0.25, 0.3) is 0 Å². The summed E-state index contributed by atoms with van der Waals surface area (Å²) >= 11 is 1.57. The predicted molar refractivity (Wildman–Crippen MR) is 78.3 cm³/mol. The summed E-state index contributed by atoms with van der Waals surface area (Å²) in [6.45, 7) is 1.40. The van der Waals surface area contributed by atoms with Gasteiger partial charge in [-0.15, -0.1) is 11.3 Å². The molecule has 5 heteroatoms. The Morgan fingerprint density at radius 2 is 2.45 bits per heavy atom. The third-order valence-corrected chi connectivity index (χ3v) is 4.01. The average molecular weight is 293 g/mol. The van der Waals surface area contributed by atoms with Crippen LogP contribution in [-0.2, 0) is 16.1 Å². The topological polar surface area (TPSA) is 58.6 Å². The number of aliphatic hydroxyl groups is 1.